The second-order valence-electron chi connectivity index (χ2n) is 6.75. The molecular formula is C20H20N4O5. The molecule has 3 amide bonds. The summed E-state index contributed by atoms with van der Waals surface area (Å²) in [5.41, 5.74) is 1.06. The number of nitrogens with one attached hydrogen (secondary N) is 1. The van der Waals surface area contributed by atoms with Crippen LogP contribution in [0.1, 0.15) is 27.8 Å². The van der Waals surface area contributed by atoms with Crippen molar-refractivity contribution in [2.45, 2.75) is 6.92 Å². The first kappa shape index (κ1) is 18.7. The van der Waals surface area contributed by atoms with Gasteiger partial charge in [-0.25, -0.2) is 0 Å². The van der Waals surface area contributed by atoms with Gasteiger partial charge in [-0.15, -0.1) is 0 Å². The minimum Gasteiger partial charge on any atom is -0.454 e. The van der Waals surface area contributed by atoms with Gasteiger partial charge in [-0.3, -0.25) is 19.4 Å². The average molecular weight is 396 g/mol. The van der Waals surface area contributed by atoms with Crippen molar-refractivity contribution in [1.82, 2.24) is 14.8 Å². The van der Waals surface area contributed by atoms with Crippen LogP contribution in [0.2, 0.25) is 0 Å². The lowest BCUT2D eigenvalue weighted by Crippen LogP contribution is -2.50. The number of anilines is 1. The van der Waals surface area contributed by atoms with E-state index >= 15 is 0 Å². The van der Waals surface area contributed by atoms with Gasteiger partial charge in [-0.1, -0.05) is 0 Å². The van der Waals surface area contributed by atoms with Gasteiger partial charge in [-0.2, -0.15) is 0 Å². The lowest BCUT2D eigenvalue weighted by molar-refractivity contribution is -0.130. The molecule has 0 bridgehead atoms. The number of fused-ring (bicyclic) bond motifs is 1. The summed E-state index contributed by atoms with van der Waals surface area (Å²) in [7, 11) is 0. The van der Waals surface area contributed by atoms with E-state index in [1.165, 1.54) is 19.2 Å². The molecule has 0 aliphatic carbocycles. The summed E-state index contributed by atoms with van der Waals surface area (Å²) in [5.74, 6) is 0.569. The van der Waals surface area contributed by atoms with Gasteiger partial charge in [0.1, 0.15) is 5.69 Å². The highest BCUT2D eigenvalue weighted by atomic mass is 16.7. The highest BCUT2D eigenvalue weighted by Crippen LogP contribution is 2.34. The Kier molecular flexibility index (Phi) is 5.03. The zero-order chi connectivity index (χ0) is 20.4. The van der Waals surface area contributed by atoms with Crippen LogP contribution in [0.5, 0.6) is 11.5 Å². The quantitative estimate of drug-likeness (QED) is 0.841. The first-order valence-electron chi connectivity index (χ1n) is 9.23. The maximum atomic E-state index is 12.8. The van der Waals surface area contributed by atoms with Gasteiger partial charge >= 0.3 is 0 Å². The molecule has 2 aliphatic rings. The zero-order valence-electron chi connectivity index (χ0n) is 15.9. The molecule has 9 heteroatoms. The molecule has 1 aromatic carbocycles. The molecular weight excluding hydrogens is 376 g/mol. The van der Waals surface area contributed by atoms with Crippen LogP contribution in [-0.2, 0) is 4.79 Å². The number of rotatable bonds is 3. The highest BCUT2D eigenvalue weighted by molar-refractivity contribution is 6.05. The molecule has 1 fully saturated rings. The van der Waals surface area contributed by atoms with E-state index in [0.29, 0.717) is 48.9 Å². The molecule has 0 spiro atoms. The fourth-order valence-electron chi connectivity index (χ4n) is 3.26. The van der Waals surface area contributed by atoms with Crippen molar-refractivity contribution in [2.75, 3.05) is 38.3 Å². The lowest BCUT2D eigenvalue weighted by atomic mass is 10.1. The summed E-state index contributed by atoms with van der Waals surface area (Å²) in [4.78, 5) is 44.2. The van der Waals surface area contributed by atoms with E-state index in [1.807, 2.05) is 0 Å². The van der Waals surface area contributed by atoms with Gasteiger partial charge in [0, 0.05) is 56.6 Å². The van der Waals surface area contributed by atoms with Crippen molar-refractivity contribution in [1.29, 1.82) is 0 Å². The van der Waals surface area contributed by atoms with E-state index in [4.69, 9.17) is 9.47 Å². The molecule has 1 saturated heterocycles. The number of ether oxygens (including phenoxy) is 2. The van der Waals surface area contributed by atoms with Crippen LogP contribution in [0.15, 0.2) is 36.5 Å². The summed E-state index contributed by atoms with van der Waals surface area (Å²) in [5, 5.41) is 2.75. The third kappa shape index (κ3) is 3.98. The number of pyridine rings is 1. The number of nitrogens with zero attached hydrogens (tertiary/aromatic N) is 3. The summed E-state index contributed by atoms with van der Waals surface area (Å²) in [6.07, 6.45) is 1.44. The number of piperazine rings is 1. The Morgan fingerprint density at radius 3 is 2.45 bits per heavy atom. The first-order chi connectivity index (χ1) is 14.0. The van der Waals surface area contributed by atoms with Crippen LogP contribution in [-0.4, -0.2) is 65.5 Å². The zero-order valence-corrected chi connectivity index (χ0v) is 15.9. The number of hydrogen-bond acceptors (Lipinski definition) is 6. The van der Waals surface area contributed by atoms with E-state index in [0.717, 1.165) is 0 Å². The molecule has 1 aromatic heterocycles. The van der Waals surface area contributed by atoms with Crippen LogP contribution in [0, 0.1) is 0 Å². The van der Waals surface area contributed by atoms with E-state index in [9.17, 15) is 14.4 Å². The van der Waals surface area contributed by atoms with E-state index < -0.39 is 5.91 Å². The number of amides is 3. The monoisotopic (exact) mass is 396 g/mol. The molecule has 2 aliphatic heterocycles. The smallest absolute Gasteiger partial charge is 0.274 e. The second-order valence-corrected chi connectivity index (χ2v) is 6.75. The Labute approximate surface area is 167 Å². The standard InChI is InChI=1S/C20H20N4O5/c1-13(25)23-6-8-24(9-7-23)20(27)14-4-5-21-16(10-14)19(26)22-15-2-3-17-18(11-15)29-12-28-17/h2-5,10-11H,6-9,12H2,1H3,(H,22,26). The third-order valence-electron chi connectivity index (χ3n) is 4.88. The minimum atomic E-state index is -0.431. The average Bonchev–Trinajstić information content (AvgIpc) is 3.21. The maximum absolute atomic E-state index is 12.8. The topological polar surface area (TPSA) is 101 Å². The van der Waals surface area contributed by atoms with Crippen LogP contribution in [0.4, 0.5) is 5.69 Å². The predicted octanol–water partition coefficient (Wildman–Crippen LogP) is 1.37. The SMILES string of the molecule is CC(=O)N1CCN(C(=O)c2ccnc(C(=O)Nc3ccc4c(c3)OCO4)c2)CC1. The van der Waals surface area contributed by atoms with Crippen molar-refractivity contribution >= 4 is 23.4 Å². The summed E-state index contributed by atoms with van der Waals surface area (Å²) < 4.78 is 10.6. The van der Waals surface area contributed by atoms with Gasteiger partial charge in [0.05, 0.1) is 0 Å². The molecule has 0 unspecified atom stereocenters. The third-order valence-corrected chi connectivity index (χ3v) is 4.88. The fraction of sp³-hybridized carbons (Fsp3) is 0.300. The normalized spacial score (nSPS) is 15.2. The van der Waals surface area contributed by atoms with Gasteiger partial charge in [0.2, 0.25) is 12.7 Å². The molecule has 1 N–H and O–H groups in total. The van der Waals surface area contributed by atoms with Crippen molar-refractivity contribution in [3.8, 4) is 11.5 Å². The fourth-order valence-corrected chi connectivity index (χ4v) is 3.26. The number of carbonyl (C=O) groups is 3. The van der Waals surface area contributed by atoms with E-state index in [-0.39, 0.29) is 24.3 Å². The Hall–Kier alpha value is -3.62. The Balaban J connectivity index is 1.43. The maximum Gasteiger partial charge on any atom is 0.274 e. The largest absolute Gasteiger partial charge is 0.454 e. The van der Waals surface area contributed by atoms with Gasteiger partial charge in [0.25, 0.3) is 11.8 Å². The van der Waals surface area contributed by atoms with Crippen LogP contribution < -0.4 is 14.8 Å². The molecule has 29 heavy (non-hydrogen) atoms. The molecule has 0 atom stereocenters. The predicted molar refractivity (Wildman–Crippen MR) is 103 cm³/mol. The van der Waals surface area contributed by atoms with E-state index in [1.54, 1.807) is 34.1 Å². The van der Waals surface area contributed by atoms with Crippen LogP contribution in [0.25, 0.3) is 0 Å². The van der Waals surface area contributed by atoms with Gasteiger partial charge < -0.3 is 24.6 Å². The second kappa shape index (κ2) is 7.78. The Morgan fingerprint density at radius 1 is 0.966 bits per heavy atom. The molecule has 150 valence electrons. The number of carbonyl (C=O) groups excluding carboxylic acids is 3. The lowest BCUT2D eigenvalue weighted by Gasteiger charge is -2.34. The molecule has 0 saturated carbocycles. The molecule has 4 rings (SSSR count). The number of hydrogen-bond donors (Lipinski definition) is 1. The number of benzene rings is 1. The molecule has 9 nitrogen and oxygen atoms in total. The highest BCUT2D eigenvalue weighted by Gasteiger charge is 2.24. The van der Waals surface area contributed by atoms with Crippen LogP contribution >= 0.6 is 0 Å². The Morgan fingerprint density at radius 2 is 1.69 bits per heavy atom. The Bertz CT molecular complexity index is 969. The van der Waals surface area contributed by atoms with Crippen molar-refractivity contribution in [3.05, 3.63) is 47.8 Å². The summed E-state index contributed by atoms with van der Waals surface area (Å²) >= 11 is 0. The van der Waals surface area contributed by atoms with Crippen LogP contribution in [0.3, 0.4) is 0 Å². The van der Waals surface area contributed by atoms with Crippen molar-refractivity contribution in [3.63, 3.8) is 0 Å². The number of aromatic nitrogens is 1. The minimum absolute atomic E-state index is 0.00323. The van der Waals surface area contributed by atoms with E-state index in [2.05, 4.69) is 10.3 Å². The summed E-state index contributed by atoms with van der Waals surface area (Å²) in [6.45, 7) is 3.59. The molecule has 3 heterocycles. The van der Waals surface area contributed by atoms with Gasteiger partial charge in [0.15, 0.2) is 11.5 Å². The molecule has 0 radical (unpaired) electrons. The first-order valence-corrected chi connectivity index (χ1v) is 9.23. The van der Waals surface area contributed by atoms with Crippen molar-refractivity contribution in [2.24, 2.45) is 0 Å². The van der Waals surface area contributed by atoms with Gasteiger partial charge in [-0.05, 0) is 24.3 Å². The van der Waals surface area contributed by atoms with Crippen molar-refractivity contribution < 1.29 is 23.9 Å². The molecule has 2 aromatic rings. The summed E-state index contributed by atoms with van der Waals surface area (Å²) in [6, 6.07) is 8.14.